The summed E-state index contributed by atoms with van der Waals surface area (Å²) in [4.78, 5) is 33.0. The van der Waals surface area contributed by atoms with Crippen LogP contribution in [0.4, 0.5) is 0 Å². The van der Waals surface area contributed by atoms with E-state index in [1.54, 1.807) is 4.57 Å². The molecule has 216 valence electrons. The van der Waals surface area contributed by atoms with Crippen LogP contribution in [0.15, 0.2) is 86.9 Å². The normalized spacial score (nSPS) is 11.5. The first-order chi connectivity index (χ1) is 20.1. The Morgan fingerprint density at radius 3 is 2.24 bits per heavy atom. The largest absolute Gasteiger partial charge is 0.493 e. The zero-order chi connectivity index (χ0) is 29.9. The summed E-state index contributed by atoms with van der Waals surface area (Å²) in [6, 6.07) is 23.4. The molecule has 5 rings (SSSR count). The van der Waals surface area contributed by atoms with Gasteiger partial charge in [-0.1, -0.05) is 87.8 Å². The second-order valence-electron chi connectivity index (χ2n) is 11.7. The highest BCUT2D eigenvalue weighted by Crippen LogP contribution is 2.30. The topological polar surface area (TPSA) is 103 Å². The molecule has 0 fully saturated rings. The lowest BCUT2D eigenvalue weighted by Crippen LogP contribution is -2.28. The molecule has 0 aliphatic heterocycles. The molecule has 0 aliphatic carbocycles. The molecule has 8 nitrogen and oxygen atoms in total. The van der Waals surface area contributed by atoms with Gasteiger partial charge in [0.25, 0.3) is 5.56 Å². The minimum Gasteiger partial charge on any atom is -0.493 e. The molecule has 0 unspecified atom stereocenters. The van der Waals surface area contributed by atoms with Crippen molar-refractivity contribution in [1.29, 1.82) is 0 Å². The summed E-state index contributed by atoms with van der Waals surface area (Å²) in [6.45, 7) is 11.0. The van der Waals surface area contributed by atoms with Gasteiger partial charge in [-0.25, -0.2) is 9.78 Å². The van der Waals surface area contributed by atoms with Crippen molar-refractivity contribution in [3.8, 4) is 34.0 Å². The number of nitrogens with zero attached hydrogens (tertiary/aromatic N) is 3. The van der Waals surface area contributed by atoms with Crippen molar-refractivity contribution >= 4 is 0 Å². The van der Waals surface area contributed by atoms with E-state index in [-0.39, 0.29) is 11.0 Å². The fraction of sp³-hybridized carbons (Fsp3) is 0.294. The fourth-order valence-corrected chi connectivity index (χ4v) is 4.93. The van der Waals surface area contributed by atoms with Crippen LogP contribution in [0.2, 0.25) is 0 Å². The first-order valence-electron chi connectivity index (χ1n) is 14.2. The van der Waals surface area contributed by atoms with E-state index in [1.165, 1.54) is 0 Å². The van der Waals surface area contributed by atoms with E-state index >= 15 is 0 Å². The number of aromatic nitrogens is 4. The van der Waals surface area contributed by atoms with Crippen LogP contribution in [-0.4, -0.2) is 26.3 Å². The van der Waals surface area contributed by atoms with Gasteiger partial charge in [-0.15, -0.1) is 0 Å². The van der Waals surface area contributed by atoms with Crippen molar-refractivity contribution in [2.24, 2.45) is 5.41 Å². The van der Waals surface area contributed by atoms with Crippen LogP contribution in [0.1, 0.15) is 56.8 Å². The third-order valence-electron chi connectivity index (χ3n) is 6.95. The van der Waals surface area contributed by atoms with Gasteiger partial charge in [-0.2, -0.15) is 0 Å². The summed E-state index contributed by atoms with van der Waals surface area (Å²) < 4.78 is 12.3. The molecule has 0 saturated carbocycles. The second-order valence-corrected chi connectivity index (χ2v) is 11.7. The van der Waals surface area contributed by atoms with E-state index in [1.807, 2.05) is 79.7 Å². The fourth-order valence-electron chi connectivity index (χ4n) is 4.93. The van der Waals surface area contributed by atoms with Crippen LogP contribution < -0.4 is 16.1 Å². The highest BCUT2D eigenvalue weighted by atomic mass is 16.5. The smallest absolute Gasteiger partial charge is 0.439 e. The maximum absolute atomic E-state index is 14.0. The van der Waals surface area contributed by atoms with Crippen LogP contribution in [0, 0.1) is 12.3 Å². The van der Waals surface area contributed by atoms with Gasteiger partial charge in [0.1, 0.15) is 11.6 Å². The van der Waals surface area contributed by atoms with Crippen molar-refractivity contribution in [1.82, 2.24) is 19.7 Å². The maximum atomic E-state index is 14.0. The second kappa shape index (κ2) is 12.0. The molecular formula is C34H36N4O4. The van der Waals surface area contributed by atoms with Crippen LogP contribution >= 0.6 is 0 Å². The monoisotopic (exact) mass is 564 g/mol. The van der Waals surface area contributed by atoms with Crippen LogP contribution in [0.3, 0.4) is 0 Å². The van der Waals surface area contributed by atoms with E-state index < -0.39 is 5.76 Å². The molecule has 0 atom stereocenters. The van der Waals surface area contributed by atoms with Crippen molar-refractivity contribution in [2.45, 2.75) is 53.9 Å². The molecule has 42 heavy (non-hydrogen) atoms. The molecule has 0 spiro atoms. The Hall–Kier alpha value is -4.72. The predicted octanol–water partition coefficient (Wildman–Crippen LogP) is 6.52. The quantitative estimate of drug-likeness (QED) is 0.219. The van der Waals surface area contributed by atoms with Crippen molar-refractivity contribution in [3.05, 3.63) is 116 Å². The van der Waals surface area contributed by atoms with Crippen molar-refractivity contribution < 1.29 is 9.26 Å². The molecule has 2 aromatic heterocycles. The van der Waals surface area contributed by atoms with E-state index in [0.29, 0.717) is 30.2 Å². The van der Waals surface area contributed by atoms with Gasteiger partial charge < -0.3 is 4.74 Å². The Morgan fingerprint density at radius 1 is 0.929 bits per heavy atom. The number of rotatable bonds is 9. The first kappa shape index (κ1) is 28.8. The Balaban J connectivity index is 1.45. The lowest BCUT2D eigenvalue weighted by molar-refractivity contribution is 0.198. The van der Waals surface area contributed by atoms with Gasteiger partial charge in [0.2, 0.25) is 0 Å². The summed E-state index contributed by atoms with van der Waals surface area (Å²) in [5.74, 6) is 1.21. The Bertz CT molecular complexity index is 1790. The molecule has 0 amide bonds. The van der Waals surface area contributed by atoms with Crippen LogP contribution in [0.5, 0.6) is 5.75 Å². The van der Waals surface area contributed by atoms with Crippen molar-refractivity contribution in [2.75, 3.05) is 6.61 Å². The van der Waals surface area contributed by atoms with Crippen LogP contribution in [-0.2, 0) is 12.8 Å². The van der Waals surface area contributed by atoms with E-state index in [2.05, 4.69) is 37.8 Å². The van der Waals surface area contributed by atoms with Crippen LogP contribution in [0.25, 0.3) is 28.2 Å². The molecule has 0 saturated heterocycles. The third kappa shape index (κ3) is 6.43. The Kier molecular flexibility index (Phi) is 8.24. The van der Waals surface area contributed by atoms with Gasteiger partial charge in [0, 0.05) is 17.5 Å². The van der Waals surface area contributed by atoms with E-state index in [9.17, 15) is 9.59 Å². The number of ether oxygens (including phenoxy) is 1. The zero-order valence-electron chi connectivity index (χ0n) is 24.7. The first-order valence-corrected chi connectivity index (χ1v) is 14.2. The lowest BCUT2D eigenvalue weighted by Gasteiger charge is -2.19. The predicted molar refractivity (Wildman–Crippen MR) is 164 cm³/mol. The molecule has 3 aromatic carbocycles. The molecule has 5 aromatic rings. The van der Waals surface area contributed by atoms with E-state index in [4.69, 9.17) is 14.2 Å². The van der Waals surface area contributed by atoms with Gasteiger partial charge in [0.05, 0.1) is 18.0 Å². The van der Waals surface area contributed by atoms with E-state index in [0.717, 1.165) is 52.2 Å². The highest BCUT2D eigenvalue weighted by molar-refractivity contribution is 5.80. The lowest BCUT2D eigenvalue weighted by atomic mass is 9.96. The molecule has 0 radical (unpaired) electrons. The molecule has 0 bridgehead atoms. The summed E-state index contributed by atoms with van der Waals surface area (Å²) in [5.41, 5.74) is 5.93. The summed E-state index contributed by atoms with van der Waals surface area (Å²) in [7, 11) is 0. The minimum atomic E-state index is -0.597. The average Bonchev–Trinajstić information content (AvgIpc) is 3.41. The Labute approximate surface area is 245 Å². The molecule has 2 heterocycles. The number of nitrogens with one attached hydrogen (secondary N) is 1. The van der Waals surface area contributed by atoms with Gasteiger partial charge in [-0.3, -0.25) is 18.9 Å². The standard InChI is InChI=1S/C34H36N4O4/c1-6-9-30-29(32(39)38(22(2)35-30)25-16-18-26(19-17-25)41-21-34(3,4)5)20-23-12-14-24(15-13-23)27-10-7-8-11-28(27)31-36-33(40)42-37-31/h7-8,10-19H,6,9,20-21H2,1-5H3,(H,36,37,40). The third-order valence-corrected chi connectivity index (χ3v) is 6.95. The SMILES string of the molecule is CCCc1nc(C)n(-c2ccc(OCC(C)(C)C)cc2)c(=O)c1Cc1ccc(-c2ccccc2-c2noc(=O)[nH]2)cc1. The van der Waals surface area contributed by atoms with Gasteiger partial charge >= 0.3 is 5.76 Å². The number of hydrogen-bond acceptors (Lipinski definition) is 6. The maximum Gasteiger partial charge on any atom is 0.439 e. The summed E-state index contributed by atoms with van der Waals surface area (Å²) in [6.07, 6.45) is 2.09. The van der Waals surface area contributed by atoms with Crippen molar-refractivity contribution in [3.63, 3.8) is 0 Å². The number of aryl methyl sites for hydroxylation is 2. The summed E-state index contributed by atoms with van der Waals surface area (Å²) >= 11 is 0. The van der Waals surface area contributed by atoms with Gasteiger partial charge in [0.15, 0.2) is 5.82 Å². The average molecular weight is 565 g/mol. The molecule has 1 N–H and O–H groups in total. The summed E-state index contributed by atoms with van der Waals surface area (Å²) in [5, 5.41) is 3.85. The number of H-pyrrole nitrogens is 1. The number of benzene rings is 3. The molecule has 8 heteroatoms. The molecular weight excluding hydrogens is 528 g/mol. The highest BCUT2D eigenvalue weighted by Gasteiger charge is 2.17. The number of aromatic amines is 1. The molecule has 0 aliphatic rings. The Morgan fingerprint density at radius 2 is 1.62 bits per heavy atom. The zero-order valence-corrected chi connectivity index (χ0v) is 24.7. The van der Waals surface area contributed by atoms with Gasteiger partial charge in [-0.05, 0) is 59.7 Å². The minimum absolute atomic E-state index is 0.0546. The number of hydrogen-bond donors (Lipinski definition) is 1.